The maximum Gasteiger partial charge on any atom is 0.310 e. The lowest BCUT2D eigenvalue weighted by atomic mass is 10.2. The van der Waals surface area contributed by atoms with Crippen LogP contribution < -0.4 is 10.4 Å². The summed E-state index contributed by atoms with van der Waals surface area (Å²) in [5.41, 5.74) is 3.39. The van der Waals surface area contributed by atoms with Gasteiger partial charge in [0, 0.05) is 5.02 Å². The maximum absolute atomic E-state index is 11.5. The average Bonchev–Trinajstić information content (AvgIpc) is 2.47. The van der Waals surface area contributed by atoms with E-state index in [1.165, 1.54) is 5.01 Å². The smallest absolute Gasteiger partial charge is 0.287 e. The van der Waals surface area contributed by atoms with E-state index in [9.17, 15) is 9.59 Å². The van der Waals surface area contributed by atoms with E-state index in [2.05, 4.69) is 5.43 Å². The standard InChI is InChI=1S/C10H9ClN2O2/c1-6-9(14)10(15)13(12-6)8-4-2-7(11)3-5-8/h2-6,12H,1H3. The van der Waals surface area contributed by atoms with Crippen LogP contribution in [0.2, 0.25) is 5.02 Å². The molecule has 0 radical (unpaired) electrons. The Morgan fingerprint density at radius 3 is 2.33 bits per heavy atom. The summed E-state index contributed by atoms with van der Waals surface area (Å²) in [6.07, 6.45) is 0. The molecule has 0 spiro atoms. The monoisotopic (exact) mass is 224 g/mol. The summed E-state index contributed by atoms with van der Waals surface area (Å²) in [5, 5.41) is 1.83. The van der Waals surface area contributed by atoms with Gasteiger partial charge < -0.3 is 0 Å². The number of ketones is 1. The number of nitrogens with zero attached hydrogens (tertiary/aromatic N) is 1. The van der Waals surface area contributed by atoms with Crippen molar-refractivity contribution in [2.24, 2.45) is 0 Å². The molecule has 0 saturated carbocycles. The molecule has 1 N–H and O–H groups in total. The molecule has 0 bridgehead atoms. The number of hydrazine groups is 1. The van der Waals surface area contributed by atoms with E-state index < -0.39 is 17.7 Å². The second kappa shape index (κ2) is 3.64. The highest BCUT2D eigenvalue weighted by Crippen LogP contribution is 2.19. The van der Waals surface area contributed by atoms with Crippen LogP contribution in [0.25, 0.3) is 0 Å². The predicted molar refractivity (Wildman–Crippen MR) is 56.5 cm³/mol. The fourth-order valence-corrected chi connectivity index (χ4v) is 1.51. The van der Waals surface area contributed by atoms with Crippen LogP contribution in [0.1, 0.15) is 6.92 Å². The van der Waals surface area contributed by atoms with E-state index in [4.69, 9.17) is 11.6 Å². The van der Waals surface area contributed by atoms with Crippen LogP contribution in [-0.2, 0) is 9.59 Å². The zero-order chi connectivity index (χ0) is 11.0. The van der Waals surface area contributed by atoms with Crippen molar-refractivity contribution in [2.75, 3.05) is 5.01 Å². The third-order valence-corrected chi connectivity index (χ3v) is 2.47. The molecular formula is C10H9ClN2O2. The zero-order valence-corrected chi connectivity index (χ0v) is 8.78. The largest absolute Gasteiger partial charge is 0.310 e. The van der Waals surface area contributed by atoms with Gasteiger partial charge in [0.05, 0.1) is 11.7 Å². The minimum Gasteiger partial charge on any atom is -0.287 e. The number of Topliss-reactive ketones (excluding diaryl/α,β-unsaturated/α-hetero) is 1. The van der Waals surface area contributed by atoms with Gasteiger partial charge in [-0.2, -0.15) is 0 Å². The van der Waals surface area contributed by atoms with E-state index >= 15 is 0 Å². The Morgan fingerprint density at radius 2 is 1.87 bits per heavy atom. The minimum atomic E-state index is -0.537. The van der Waals surface area contributed by atoms with Crippen LogP contribution >= 0.6 is 11.6 Å². The molecule has 0 aliphatic carbocycles. The van der Waals surface area contributed by atoms with Crippen molar-refractivity contribution < 1.29 is 9.59 Å². The third kappa shape index (κ3) is 1.73. The molecule has 78 valence electrons. The summed E-state index contributed by atoms with van der Waals surface area (Å²) in [7, 11) is 0. The summed E-state index contributed by atoms with van der Waals surface area (Å²) in [6, 6.07) is 6.23. The Kier molecular flexibility index (Phi) is 2.46. The van der Waals surface area contributed by atoms with Gasteiger partial charge in [0.1, 0.15) is 0 Å². The fraction of sp³-hybridized carbons (Fsp3) is 0.200. The quantitative estimate of drug-likeness (QED) is 0.728. The maximum atomic E-state index is 11.5. The van der Waals surface area contributed by atoms with E-state index in [1.807, 2.05) is 0 Å². The van der Waals surface area contributed by atoms with Crippen molar-refractivity contribution in [3.05, 3.63) is 29.3 Å². The second-order valence-corrected chi connectivity index (χ2v) is 3.77. The fourth-order valence-electron chi connectivity index (χ4n) is 1.39. The van der Waals surface area contributed by atoms with Crippen LogP contribution in [0.3, 0.4) is 0 Å². The van der Waals surface area contributed by atoms with Crippen molar-refractivity contribution in [3.63, 3.8) is 0 Å². The minimum absolute atomic E-state index is 0.426. The Labute approximate surface area is 91.8 Å². The first kappa shape index (κ1) is 10.1. The highest BCUT2D eigenvalue weighted by Gasteiger charge is 2.36. The summed E-state index contributed by atoms with van der Waals surface area (Å²) in [4.78, 5) is 22.8. The lowest BCUT2D eigenvalue weighted by Crippen LogP contribution is -2.36. The SMILES string of the molecule is CC1NN(c2ccc(Cl)cc2)C(=O)C1=O. The lowest BCUT2D eigenvalue weighted by Gasteiger charge is -2.15. The van der Waals surface area contributed by atoms with Gasteiger partial charge in [-0.3, -0.25) is 9.59 Å². The summed E-state index contributed by atoms with van der Waals surface area (Å²) >= 11 is 5.72. The average molecular weight is 225 g/mol. The van der Waals surface area contributed by atoms with Crippen LogP contribution in [0.15, 0.2) is 24.3 Å². The molecule has 15 heavy (non-hydrogen) atoms. The molecule has 1 aromatic rings. The first-order chi connectivity index (χ1) is 7.09. The van der Waals surface area contributed by atoms with Crippen LogP contribution in [-0.4, -0.2) is 17.7 Å². The summed E-state index contributed by atoms with van der Waals surface area (Å²) in [6.45, 7) is 1.65. The van der Waals surface area contributed by atoms with E-state index in [-0.39, 0.29) is 0 Å². The molecule has 1 atom stereocenters. The molecule has 1 fully saturated rings. The number of hydrogen-bond acceptors (Lipinski definition) is 3. The zero-order valence-electron chi connectivity index (χ0n) is 8.03. The summed E-state index contributed by atoms with van der Waals surface area (Å²) in [5.74, 6) is -0.963. The van der Waals surface area contributed by atoms with Crippen LogP contribution in [0.5, 0.6) is 0 Å². The van der Waals surface area contributed by atoms with E-state index in [0.29, 0.717) is 10.7 Å². The molecule has 5 heteroatoms. The number of carbonyl (C=O) groups excluding carboxylic acids is 2. The van der Waals surface area contributed by atoms with Gasteiger partial charge in [-0.25, -0.2) is 10.4 Å². The van der Waals surface area contributed by atoms with Crippen molar-refractivity contribution in [2.45, 2.75) is 13.0 Å². The van der Waals surface area contributed by atoms with E-state index in [1.54, 1.807) is 31.2 Å². The summed E-state index contributed by atoms with van der Waals surface area (Å²) < 4.78 is 0. The molecule has 1 amide bonds. The van der Waals surface area contributed by atoms with Crippen molar-refractivity contribution >= 4 is 29.0 Å². The Morgan fingerprint density at radius 1 is 1.27 bits per heavy atom. The highest BCUT2D eigenvalue weighted by atomic mass is 35.5. The van der Waals surface area contributed by atoms with Crippen molar-refractivity contribution in [1.82, 2.24) is 5.43 Å². The second-order valence-electron chi connectivity index (χ2n) is 3.33. The molecule has 1 aromatic carbocycles. The predicted octanol–water partition coefficient (Wildman–Crippen LogP) is 1.15. The molecule has 2 rings (SSSR count). The number of benzene rings is 1. The van der Waals surface area contributed by atoms with E-state index in [0.717, 1.165) is 0 Å². The highest BCUT2D eigenvalue weighted by molar-refractivity contribution is 6.45. The third-order valence-electron chi connectivity index (χ3n) is 2.21. The number of halogens is 1. The van der Waals surface area contributed by atoms with Crippen molar-refractivity contribution in [1.29, 1.82) is 0 Å². The number of hydrogen-bond donors (Lipinski definition) is 1. The number of amides is 1. The normalized spacial score (nSPS) is 21.2. The Bertz CT molecular complexity index is 416. The van der Waals surface area contributed by atoms with Gasteiger partial charge in [0.2, 0.25) is 5.78 Å². The lowest BCUT2D eigenvalue weighted by molar-refractivity contribution is -0.134. The first-order valence-electron chi connectivity index (χ1n) is 4.49. The van der Waals surface area contributed by atoms with Crippen LogP contribution in [0, 0.1) is 0 Å². The van der Waals surface area contributed by atoms with Crippen molar-refractivity contribution in [3.8, 4) is 0 Å². The van der Waals surface area contributed by atoms with Crippen LogP contribution in [0.4, 0.5) is 5.69 Å². The number of rotatable bonds is 1. The van der Waals surface area contributed by atoms with Gasteiger partial charge in [-0.1, -0.05) is 11.6 Å². The molecule has 1 unspecified atom stereocenters. The Hall–Kier alpha value is -1.39. The van der Waals surface area contributed by atoms with Gasteiger partial charge in [0.15, 0.2) is 0 Å². The first-order valence-corrected chi connectivity index (χ1v) is 4.87. The molecule has 1 heterocycles. The molecule has 1 aliphatic heterocycles. The molecule has 1 aliphatic rings. The molecular weight excluding hydrogens is 216 g/mol. The topological polar surface area (TPSA) is 49.4 Å². The van der Waals surface area contributed by atoms with Gasteiger partial charge in [-0.15, -0.1) is 0 Å². The molecule has 0 aromatic heterocycles. The number of nitrogens with one attached hydrogen (secondary N) is 1. The Balaban J connectivity index is 2.29. The number of anilines is 1. The molecule has 1 saturated heterocycles. The van der Waals surface area contributed by atoms with Gasteiger partial charge in [-0.05, 0) is 31.2 Å². The van der Waals surface area contributed by atoms with Gasteiger partial charge >= 0.3 is 5.91 Å². The number of carbonyl (C=O) groups is 2. The van der Waals surface area contributed by atoms with Gasteiger partial charge in [0.25, 0.3) is 0 Å². The molecule has 4 nitrogen and oxygen atoms in total.